The molecule has 19 heavy (non-hydrogen) atoms. The summed E-state index contributed by atoms with van der Waals surface area (Å²) in [5.74, 6) is 0. The van der Waals surface area contributed by atoms with E-state index < -0.39 is 15.4 Å². The van der Waals surface area contributed by atoms with E-state index in [0.29, 0.717) is 36.2 Å². The molecule has 3 N–H and O–H groups in total. The molecule has 0 saturated carbocycles. The Morgan fingerprint density at radius 2 is 2.05 bits per heavy atom. The van der Waals surface area contributed by atoms with Gasteiger partial charge in [0.05, 0.1) is 5.52 Å². The molecule has 2 aromatic rings. The fraction of sp³-hybridized carbons (Fsp3) is 0.308. The van der Waals surface area contributed by atoms with Gasteiger partial charge in [0.25, 0.3) is 10.1 Å². The molecule has 1 atom stereocenters. The van der Waals surface area contributed by atoms with Crippen LogP contribution in [0.2, 0.25) is 0 Å². The molecule has 100 valence electrons. The van der Waals surface area contributed by atoms with Gasteiger partial charge in [0.2, 0.25) is 0 Å². The van der Waals surface area contributed by atoms with Gasteiger partial charge in [-0.15, -0.1) is 0 Å². The van der Waals surface area contributed by atoms with Crippen LogP contribution in [0.25, 0.3) is 10.9 Å². The highest BCUT2D eigenvalue weighted by molar-refractivity contribution is 7.86. The number of hydrogen-bond donors (Lipinski definition) is 2. The molecule has 1 aliphatic rings. The summed E-state index contributed by atoms with van der Waals surface area (Å²) >= 11 is 0. The highest BCUT2D eigenvalue weighted by Crippen LogP contribution is 2.40. The zero-order chi connectivity index (χ0) is 13.6. The smallest absolute Gasteiger partial charge is 0.272 e. The fourth-order valence-corrected chi connectivity index (χ4v) is 3.78. The number of anilines is 1. The molecule has 6 heteroatoms. The first kappa shape index (κ1) is 12.4. The summed E-state index contributed by atoms with van der Waals surface area (Å²) in [6.07, 6.45) is 1.76. The van der Waals surface area contributed by atoms with Crippen molar-refractivity contribution < 1.29 is 13.0 Å². The Bertz CT molecular complexity index is 756. The largest absolute Gasteiger partial charge is 0.398 e. The third kappa shape index (κ3) is 1.97. The molecule has 5 nitrogen and oxygen atoms in total. The van der Waals surface area contributed by atoms with Crippen LogP contribution in [0.1, 0.15) is 29.3 Å². The van der Waals surface area contributed by atoms with Crippen molar-refractivity contribution in [3.8, 4) is 0 Å². The highest BCUT2D eigenvalue weighted by Gasteiger charge is 2.33. The van der Waals surface area contributed by atoms with E-state index in [-0.39, 0.29) is 0 Å². The first-order valence-corrected chi connectivity index (χ1v) is 7.62. The van der Waals surface area contributed by atoms with Crippen molar-refractivity contribution in [1.82, 2.24) is 4.98 Å². The summed E-state index contributed by atoms with van der Waals surface area (Å²) in [5.41, 5.74) is 8.45. The molecule has 0 aliphatic heterocycles. The van der Waals surface area contributed by atoms with Gasteiger partial charge in [-0.25, -0.2) is 0 Å². The molecule has 0 fully saturated rings. The maximum absolute atomic E-state index is 11.5. The Morgan fingerprint density at radius 3 is 2.79 bits per heavy atom. The van der Waals surface area contributed by atoms with E-state index >= 15 is 0 Å². The molecule has 0 radical (unpaired) electrons. The maximum Gasteiger partial charge on any atom is 0.272 e. The Hall–Kier alpha value is -1.66. The molecule has 3 rings (SSSR count). The van der Waals surface area contributed by atoms with Crippen LogP contribution < -0.4 is 5.73 Å². The second kappa shape index (κ2) is 4.18. The summed E-state index contributed by atoms with van der Waals surface area (Å²) in [5, 5.41) is -0.217. The van der Waals surface area contributed by atoms with Crippen molar-refractivity contribution in [1.29, 1.82) is 0 Å². The third-order valence-electron chi connectivity index (χ3n) is 3.61. The molecule has 1 heterocycles. The van der Waals surface area contributed by atoms with Gasteiger partial charge in [0.1, 0.15) is 5.25 Å². The summed E-state index contributed by atoms with van der Waals surface area (Å²) in [7, 11) is -4.15. The number of fused-ring (bicyclic) bond motifs is 2. The first-order valence-electron chi connectivity index (χ1n) is 6.12. The standard InChI is InChI=1S/C13H14N2O3S/c14-13-8-4-1-2-5-9(8)15-10-6-3-7-11(12(10)13)19(16,17)18/h1-2,4-5,11H,3,6-7H2,(H2,14,15)(H,16,17,18). The van der Waals surface area contributed by atoms with Crippen molar-refractivity contribution in [2.45, 2.75) is 24.5 Å². The van der Waals surface area contributed by atoms with E-state index in [9.17, 15) is 13.0 Å². The number of benzene rings is 1. The van der Waals surface area contributed by atoms with Gasteiger partial charge in [-0.1, -0.05) is 18.2 Å². The third-order valence-corrected chi connectivity index (χ3v) is 4.80. The topological polar surface area (TPSA) is 93.3 Å². The van der Waals surface area contributed by atoms with Crippen LogP contribution in [0.4, 0.5) is 5.69 Å². The van der Waals surface area contributed by atoms with Crippen LogP contribution in [0.15, 0.2) is 24.3 Å². The molecule has 0 amide bonds. The van der Waals surface area contributed by atoms with Gasteiger partial charge >= 0.3 is 0 Å². The average molecular weight is 278 g/mol. The second-order valence-electron chi connectivity index (χ2n) is 4.80. The Balaban J connectivity index is 2.35. The second-order valence-corrected chi connectivity index (χ2v) is 6.40. The van der Waals surface area contributed by atoms with E-state index in [1.54, 1.807) is 0 Å². The summed E-state index contributed by atoms with van der Waals surface area (Å²) in [6, 6.07) is 7.36. The van der Waals surface area contributed by atoms with E-state index in [0.717, 1.165) is 10.9 Å². The minimum atomic E-state index is -4.15. The number of nitrogens with zero attached hydrogens (tertiary/aromatic N) is 1. The number of aryl methyl sites for hydroxylation is 1. The molecule has 0 saturated heterocycles. The Labute approximate surface area is 111 Å². The fourth-order valence-electron chi connectivity index (χ4n) is 2.75. The molecular formula is C13H14N2O3S. The summed E-state index contributed by atoms with van der Waals surface area (Å²) in [4.78, 5) is 4.48. The number of nitrogens with two attached hydrogens (primary N) is 1. The zero-order valence-electron chi connectivity index (χ0n) is 10.2. The summed E-state index contributed by atoms with van der Waals surface area (Å²) < 4.78 is 32.4. The first-order chi connectivity index (χ1) is 8.98. The van der Waals surface area contributed by atoms with Gasteiger partial charge in [-0.2, -0.15) is 8.42 Å². The number of hydrogen-bond acceptors (Lipinski definition) is 4. The average Bonchev–Trinajstić information content (AvgIpc) is 2.37. The molecule has 1 aliphatic carbocycles. The molecule has 1 unspecified atom stereocenters. The number of rotatable bonds is 1. The molecule has 0 bridgehead atoms. The predicted molar refractivity (Wildman–Crippen MR) is 73.4 cm³/mol. The van der Waals surface area contributed by atoms with Gasteiger partial charge in [-0.05, 0) is 25.3 Å². The van der Waals surface area contributed by atoms with Crippen molar-refractivity contribution in [3.05, 3.63) is 35.5 Å². The SMILES string of the molecule is Nc1c2c(nc3ccccc13)CCCC2S(=O)(=O)O. The van der Waals surface area contributed by atoms with Crippen molar-refractivity contribution >= 4 is 26.7 Å². The van der Waals surface area contributed by atoms with Crippen LogP contribution >= 0.6 is 0 Å². The van der Waals surface area contributed by atoms with Crippen LogP contribution in [-0.2, 0) is 16.5 Å². The van der Waals surface area contributed by atoms with Crippen LogP contribution in [-0.4, -0.2) is 18.0 Å². The van der Waals surface area contributed by atoms with Crippen LogP contribution in [0, 0.1) is 0 Å². The van der Waals surface area contributed by atoms with E-state index in [2.05, 4.69) is 4.98 Å². The van der Waals surface area contributed by atoms with Gasteiger partial charge < -0.3 is 5.73 Å². The Morgan fingerprint density at radius 1 is 1.32 bits per heavy atom. The lowest BCUT2D eigenvalue weighted by Gasteiger charge is -2.24. The van der Waals surface area contributed by atoms with E-state index in [1.807, 2.05) is 24.3 Å². The number of pyridine rings is 1. The van der Waals surface area contributed by atoms with Crippen molar-refractivity contribution in [2.75, 3.05) is 5.73 Å². The minimum absolute atomic E-state index is 0.385. The lowest BCUT2D eigenvalue weighted by Crippen LogP contribution is -2.21. The number of para-hydroxylation sites is 1. The molecule has 1 aromatic heterocycles. The van der Waals surface area contributed by atoms with Crippen molar-refractivity contribution in [3.63, 3.8) is 0 Å². The van der Waals surface area contributed by atoms with Crippen molar-refractivity contribution in [2.24, 2.45) is 0 Å². The lowest BCUT2D eigenvalue weighted by molar-refractivity contribution is 0.456. The van der Waals surface area contributed by atoms with E-state index in [1.165, 1.54) is 0 Å². The number of aromatic nitrogens is 1. The normalized spacial score (nSPS) is 19.3. The van der Waals surface area contributed by atoms with E-state index in [4.69, 9.17) is 5.73 Å². The minimum Gasteiger partial charge on any atom is -0.398 e. The van der Waals surface area contributed by atoms with Gasteiger partial charge in [0.15, 0.2) is 0 Å². The Kier molecular flexibility index (Phi) is 2.72. The summed E-state index contributed by atoms with van der Waals surface area (Å²) in [6.45, 7) is 0. The quantitative estimate of drug-likeness (QED) is 0.779. The molecule has 1 aromatic carbocycles. The van der Waals surface area contributed by atoms with Crippen LogP contribution in [0.5, 0.6) is 0 Å². The highest BCUT2D eigenvalue weighted by atomic mass is 32.2. The zero-order valence-corrected chi connectivity index (χ0v) is 11.0. The predicted octanol–water partition coefficient (Wildman–Crippen LogP) is 2.08. The lowest BCUT2D eigenvalue weighted by atomic mass is 9.92. The number of nitrogen functional groups attached to an aromatic ring is 1. The van der Waals surface area contributed by atoms with Crippen LogP contribution in [0.3, 0.4) is 0 Å². The molecule has 0 spiro atoms. The monoisotopic (exact) mass is 278 g/mol. The van der Waals surface area contributed by atoms with Gasteiger partial charge in [0, 0.05) is 22.3 Å². The van der Waals surface area contributed by atoms with Gasteiger partial charge in [-0.3, -0.25) is 9.54 Å². The molecular weight excluding hydrogens is 264 g/mol. The maximum atomic E-state index is 11.5.